The zero-order valence-corrected chi connectivity index (χ0v) is 26.7. The number of nitrogens with zero attached hydrogens (tertiary/aromatic N) is 2. The molecule has 0 atom stereocenters. The molecule has 12 nitrogen and oxygen atoms in total. The lowest BCUT2D eigenvalue weighted by molar-refractivity contribution is -0.123. The fraction of sp³-hybridized carbons (Fsp3) is 0.143. The number of hydrogen-bond donors (Lipinski definition) is 2. The maximum absolute atomic E-state index is 12.0. The lowest BCUT2D eigenvalue weighted by atomic mass is 10.3. The van der Waals surface area contributed by atoms with Gasteiger partial charge in [0.2, 0.25) is 0 Å². The van der Waals surface area contributed by atoms with E-state index in [0.717, 1.165) is 0 Å². The summed E-state index contributed by atoms with van der Waals surface area (Å²) in [6.07, 6.45) is 2.73. The zero-order valence-electron chi connectivity index (χ0n) is 22.7. The van der Waals surface area contributed by atoms with Gasteiger partial charge >= 0.3 is 0 Å². The van der Waals surface area contributed by atoms with Crippen molar-refractivity contribution in [3.63, 3.8) is 0 Å². The summed E-state index contributed by atoms with van der Waals surface area (Å²) in [5, 5.41) is 8.84. The van der Waals surface area contributed by atoms with Crippen LogP contribution in [0.15, 0.2) is 98.8 Å². The van der Waals surface area contributed by atoms with E-state index in [1.807, 2.05) is 0 Å². The molecule has 2 amide bonds. The number of nitrogens with one attached hydrogen (secondary N) is 2. The quantitative estimate of drug-likeness (QED) is 0.124. The van der Waals surface area contributed by atoms with Crippen molar-refractivity contribution in [2.24, 2.45) is 10.2 Å². The second-order valence-corrected chi connectivity index (χ2v) is 10.9. The van der Waals surface area contributed by atoms with Gasteiger partial charge in [0, 0.05) is 0 Å². The highest BCUT2D eigenvalue weighted by atomic mass is 79.9. The van der Waals surface area contributed by atoms with Gasteiger partial charge in [0.1, 0.15) is 34.5 Å². The molecule has 0 aliphatic rings. The first-order valence-electron chi connectivity index (χ1n) is 12.3. The number of hydrogen-bond acceptors (Lipinski definition) is 11. The van der Waals surface area contributed by atoms with E-state index < -0.39 is 11.8 Å². The van der Waals surface area contributed by atoms with Crippen LogP contribution in [0.3, 0.4) is 0 Å². The molecule has 0 radical (unpaired) electrons. The molecule has 4 rings (SSSR count). The first-order valence-corrected chi connectivity index (χ1v) is 14.7. The molecule has 2 aromatic heterocycles. The van der Waals surface area contributed by atoms with Crippen LogP contribution in [0.5, 0.6) is 23.0 Å². The molecule has 0 spiro atoms. The first kappa shape index (κ1) is 31.7. The van der Waals surface area contributed by atoms with E-state index in [4.69, 9.17) is 27.8 Å². The Labute approximate surface area is 267 Å². The fourth-order valence-corrected chi connectivity index (χ4v) is 4.85. The third-order valence-electron chi connectivity index (χ3n) is 5.16. The van der Waals surface area contributed by atoms with E-state index in [1.54, 1.807) is 74.9 Å². The number of rotatable bonds is 14. The molecule has 43 heavy (non-hydrogen) atoms. The van der Waals surface area contributed by atoms with E-state index in [1.165, 1.54) is 24.2 Å². The standard InChI is InChI=1S/C28H24Br2N4O8S/c1-37-17-3-7-23(21(29)11-17)39-15-25(35)33-31-13-19-5-9-27(41-19)43-28-10-6-20(42-28)14-32-34-26(36)16-40-24-8-4-18(38-2)12-22(24)30/h3-14H,15-16H2,1-2H3,(H,33,35)(H,34,36)/b31-13-,32-14-. The smallest absolute Gasteiger partial charge is 0.277 e. The molecule has 0 saturated carbocycles. The Kier molecular flexibility index (Phi) is 11.7. The summed E-state index contributed by atoms with van der Waals surface area (Å²) in [6.45, 7) is -0.463. The number of furan rings is 2. The highest BCUT2D eigenvalue weighted by molar-refractivity contribution is 9.11. The van der Waals surface area contributed by atoms with E-state index in [-0.39, 0.29) is 13.2 Å². The van der Waals surface area contributed by atoms with Gasteiger partial charge in [-0.15, -0.1) is 0 Å². The molecule has 15 heteroatoms. The Morgan fingerprint density at radius 3 is 1.58 bits per heavy atom. The maximum Gasteiger partial charge on any atom is 0.277 e. The Morgan fingerprint density at radius 2 is 1.19 bits per heavy atom. The van der Waals surface area contributed by atoms with Gasteiger partial charge in [-0.05, 0) is 104 Å². The van der Waals surface area contributed by atoms with Gasteiger partial charge < -0.3 is 27.8 Å². The van der Waals surface area contributed by atoms with E-state index in [9.17, 15) is 9.59 Å². The molecule has 0 unspecified atom stereocenters. The molecular weight excluding hydrogens is 712 g/mol. The minimum atomic E-state index is -0.445. The van der Waals surface area contributed by atoms with Gasteiger partial charge in [0.25, 0.3) is 11.8 Å². The molecule has 2 N–H and O–H groups in total. The highest BCUT2D eigenvalue weighted by Gasteiger charge is 2.10. The van der Waals surface area contributed by atoms with Crippen LogP contribution < -0.4 is 29.8 Å². The van der Waals surface area contributed by atoms with Crippen molar-refractivity contribution in [3.05, 3.63) is 81.1 Å². The number of benzene rings is 2. The summed E-state index contributed by atoms with van der Waals surface area (Å²) in [5.41, 5.74) is 4.75. The Hall–Kier alpha value is -4.21. The van der Waals surface area contributed by atoms with Crippen molar-refractivity contribution < 1.29 is 37.4 Å². The highest BCUT2D eigenvalue weighted by Crippen LogP contribution is 2.31. The molecule has 0 bridgehead atoms. The van der Waals surface area contributed by atoms with Gasteiger partial charge in [-0.3, -0.25) is 9.59 Å². The predicted molar refractivity (Wildman–Crippen MR) is 165 cm³/mol. The van der Waals surface area contributed by atoms with Crippen LogP contribution in [-0.4, -0.2) is 51.7 Å². The van der Waals surface area contributed by atoms with Gasteiger partial charge in [-0.1, -0.05) is 0 Å². The summed E-state index contributed by atoms with van der Waals surface area (Å²) in [5.74, 6) is 2.26. The lowest BCUT2D eigenvalue weighted by Crippen LogP contribution is -2.24. The van der Waals surface area contributed by atoms with Crippen molar-refractivity contribution in [1.29, 1.82) is 0 Å². The van der Waals surface area contributed by atoms with Crippen LogP contribution in [0.4, 0.5) is 0 Å². The second-order valence-electron chi connectivity index (χ2n) is 8.17. The fourth-order valence-electron chi connectivity index (χ4n) is 3.15. The molecule has 2 aromatic carbocycles. The molecule has 2 heterocycles. The summed E-state index contributed by atoms with van der Waals surface area (Å²) >= 11 is 7.96. The Balaban J connectivity index is 1.17. The normalized spacial score (nSPS) is 11.1. The minimum Gasteiger partial charge on any atom is -0.497 e. The molecule has 0 saturated heterocycles. The predicted octanol–water partition coefficient (Wildman–Crippen LogP) is 5.62. The number of carbonyl (C=O) groups is 2. The van der Waals surface area contributed by atoms with E-state index >= 15 is 0 Å². The molecule has 4 aromatic rings. The van der Waals surface area contributed by atoms with Crippen LogP contribution >= 0.6 is 43.6 Å². The summed E-state index contributed by atoms with van der Waals surface area (Å²) in [4.78, 5) is 24.1. The second kappa shape index (κ2) is 15.9. The average Bonchev–Trinajstić information content (AvgIpc) is 3.65. The topological polar surface area (TPSA) is 146 Å². The monoisotopic (exact) mass is 734 g/mol. The maximum atomic E-state index is 12.0. The van der Waals surface area contributed by atoms with Crippen LogP contribution in [0.1, 0.15) is 11.5 Å². The molecule has 0 aliphatic carbocycles. The van der Waals surface area contributed by atoms with Crippen molar-refractivity contribution in [3.8, 4) is 23.0 Å². The number of ether oxygens (including phenoxy) is 4. The number of halogens is 2. The van der Waals surface area contributed by atoms with Crippen molar-refractivity contribution >= 4 is 67.9 Å². The third-order valence-corrected chi connectivity index (χ3v) is 7.24. The third kappa shape index (κ3) is 9.94. The molecule has 0 aliphatic heterocycles. The molecule has 224 valence electrons. The van der Waals surface area contributed by atoms with Gasteiger partial charge in [-0.2, -0.15) is 10.2 Å². The number of hydrazone groups is 2. The summed E-state index contributed by atoms with van der Waals surface area (Å²) in [7, 11) is 3.12. The Bertz CT molecular complexity index is 1500. The molecule has 0 fully saturated rings. The van der Waals surface area contributed by atoms with Crippen molar-refractivity contribution in [2.75, 3.05) is 27.4 Å². The Morgan fingerprint density at radius 1 is 0.744 bits per heavy atom. The van der Waals surface area contributed by atoms with Gasteiger partial charge in [0.05, 0.1) is 35.6 Å². The summed E-state index contributed by atoms with van der Waals surface area (Å²) in [6, 6.07) is 17.1. The number of carbonyl (C=O) groups excluding carboxylic acids is 2. The largest absolute Gasteiger partial charge is 0.497 e. The molecular formula is C28H24Br2N4O8S. The first-order chi connectivity index (χ1) is 20.8. The number of amides is 2. The van der Waals surface area contributed by atoms with Gasteiger partial charge in [-0.25, -0.2) is 10.9 Å². The van der Waals surface area contributed by atoms with E-state index in [2.05, 4.69) is 52.9 Å². The average molecular weight is 736 g/mol. The van der Waals surface area contributed by atoms with E-state index in [0.29, 0.717) is 53.6 Å². The van der Waals surface area contributed by atoms with Crippen LogP contribution in [0.2, 0.25) is 0 Å². The number of methoxy groups -OCH3 is 2. The SMILES string of the molecule is COc1ccc(OCC(=O)N/N=C\c2ccc(Sc3ccc(/C=N\NC(=O)COc4ccc(OC)cc4Br)o3)o2)c(Br)c1. The lowest BCUT2D eigenvalue weighted by Gasteiger charge is -2.08. The summed E-state index contributed by atoms with van der Waals surface area (Å²) < 4.78 is 33.9. The van der Waals surface area contributed by atoms with Crippen LogP contribution in [0.25, 0.3) is 0 Å². The van der Waals surface area contributed by atoms with Gasteiger partial charge in [0.15, 0.2) is 23.4 Å². The van der Waals surface area contributed by atoms with Crippen molar-refractivity contribution in [2.45, 2.75) is 10.2 Å². The van der Waals surface area contributed by atoms with Crippen molar-refractivity contribution in [1.82, 2.24) is 10.9 Å². The zero-order chi connectivity index (χ0) is 30.6. The van der Waals surface area contributed by atoms with Crippen LogP contribution in [0, 0.1) is 0 Å². The minimum absolute atomic E-state index is 0.231. The van der Waals surface area contributed by atoms with Crippen LogP contribution in [-0.2, 0) is 9.59 Å².